The number of carbonyl (C=O) groups is 1. The van der Waals surface area contributed by atoms with Crippen LogP contribution >= 0.6 is 0 Å². The number of benzene rings is 1. The highest BCUT2D eigenvalue weighted by atomic mass is 19.1. The third-order valence-electron chi connectivity index (χ3n) is 4.64. The van der Waals surface area contributed by atoms with Crippen LogP contribution in [0.15, 0.2) is 53.2 Å². The molecule has 4 rings (SSSR count). The van der Waals surface area contributed by atoms with Crippen LogP contribution in [0.2, 0.25) is 0 Å². The molecule has 29 heavy (non-hydrogen) atoms. The zero-order valence-electron chi connectivity index (χ0n) is 15.8. The molecule has 0 atom stereocenters. The lowest BCUT2D eigenvalue weighted by atomic mass is 10.2. The molecular formula is C21H21FN4O3. The molecule has 3 heterocycles. The fourth-order valence-electron chi connectivity index (χ4n) is 3.07. The number of rotatable bonds is 6. The summed E-state index contributed by atoms with van der Waals surface area (Å²) in [6.45, 7) is 3.09. The lowest BCUT2D eigenvalue weighted by Crippen LogP contribution is -2.36. The molecule has 0 saturated carbocycles. The Labute approximate surface area is 167 Å². The number of aryl methyl sites for hydroxylation is 1. The molecule has 8 heteroatoms. The number of hydrogen-bond donors (Lipinski definition) is 1. The minimum Gasteiger partial charge on any atom is -0.441 e. The van der Waals surface area contributed by atoms with Crippen molar-refractivity contribution in [2.24, 2.45) is 0 Å². The van der Waals surface area contributed by atoms with E-state index in [-0.39, 0.29) is 18.1 Å². The predicted molar refractivity (Wildman–Crippen MR) is 106 cm³/mol. The number of nitrogens with one attached hydrogen (secondary N) is 1. The highest BCUT2D eigenvalue weighted by molar-refractivity contribution is 5.89. The molecule has 1 aromatic carbocycles. The van der Waals surface area contributed by atoms with Gasteiger partial charge >= 0.3 is 0 Å². The summed E-state index contributed by atoms with van der Waals surface area (Å²) in [5, 5.41) is 2.78. The summed E-state index contributed by atoms with van der Waals surface area (Å²) in [6, 6.07) is 9.71. The number of oxazole rings is 1. The molecule has 0 aliphatic carbocycles. The maximum atomic E-state index is 13.0. The van der Waals surface area contributed by atoms with E-state index in [4.69, 9.17) is 9.15 Å². The molecule has 1 aliphatic rings. The summed E-state index contributed by atoms with van der Waals surface area (Å²) in [7, 11) is 0. The van der Waals surface area contributed by atoms with Crippen LogP contribution in [-0.4, -0.2) is 42.2 Å². The van der Waals surface area contributed by atoms with E-state index >= 15 is 0 Å². The number of hydrogen-bond acceptors (Lipinski definition) is 6. The van der Waals surface area contributed by atoms with Crippen LogP contribution in [-0.2, 0) is 16.0 Å². The first-order valence-electron chi connectivity index (χ1n) is 9.46. The molecule has 2 aromatic heterocycles. The van der Waals surface area contributed by atoms with E-state index in [9.17, 15) is 9.18 Å². The van der Waals surface area contributed by atoms with Gasteiger partial charge in [0.1, 0.15) is 11.6 Å². The zero-order chi connectivity index (χ0) is 20.1. The van der Waals surface area contributed by atoms with E-state index in [0.29, 0.717) is 37.1 Å². The van der Waals surface area contributed by atoms with Crippen LogP contribution < -0.4 is 10.2 Å². The lowest BCUT2D eigenvalue weighted by molar-refractivity contribution is -0.116. The SMILES string of the molecule is O=C(CCc1ncc(-c2ccc(F)cc2)o1)Nc1ccc(N2CCOCC2)cn1. The van der Waals surface area contributed by atoms with Crippen molar-refractivity contribution in [3.8, 4) is 11.3 Å². The van der Waals surface area contributed by atoms with Gasteiger partial charge in [-0.1, -0.05) is 0 Å². The number of morpholine rings is 1. The highest BCUT2D eigenvalue weighted by Crippen LogP contribution is 2.21. The number of halogens is 1. The van der Waals surface area contributed by atoms with Gasteiger partial charge in [-0.2, -0.15) is 0 Å². The maximum Gasteiger partial charge on any atom is 0.226 e. The van der Waals surface area contributed by atoms with Gasteiger partial charge in [-0.05, 0) is 36.4 Å². The van der Waals surface area contributed by atoms with Crippen molar-refractivity contribution in [3.63, 3.8) is 0 Å². The average Bonchev–Trinajstić information content (AvgIpc) is 3.23. The smallest absolute Gasteiger partial charge is 0.226 e. The minimum absolute atomic E-state index is 0.168. The molecule has 1 aliphatic heterocycles. The van der Waals surface area contributed by atoms with E-state index in [2.05, 4.69) is 20.2 Å². The number of ether oxygens (including phenoxy) is 1. The monoisotopic (exact) mass is 396 g/mol. The van der Waals surface area contributed by atoms with Crippen molar-refractivity contribution in [3.05, 3.63) is 60.5 Å². The molecular weight excluding hydrogens is 375 g/mol. The molecule has 0 spiro atoms. The lowest BCUT2D eigenvalue weighted by Gasteiger charge is -2.28. The molecule has 0 bridgehead atoms. The quantitative estimate of drug-likeness (QED) is 0.689. The van der Waals surface area contributed by atoms with Gasteiger partial charge in [0.15, 0.2) is 11.7 Å². The molecule has 3 aromatic rings. The highest BCUT2D eigenvalue weighted by Gasteiger charge is 2.13. The van der Waals surface area contributed by atoms with Gasteiger partial charge in [0.05, 0.1) is 31.3 Å². The van der Waals surface area contributed by atoms with Crippen molar-refractivity contribution in [1.29, 1.82) is 0 Å². The largest absolute Gasteiger partial charge is 0.441 e. The van der Waals surface area contributed by atoms with E-state index in [1.165, 1.54) is 12.1 Å². The van der Waals surface area contributed by atoms with Crippen molar-refractivity contribution < 1.29 is 18.3 Å². The normalized spacial score (nSPS) is 14.0. The van der Waals surface area contributed by atoms with Crippen LogP contribution in [0.3, 0.4) is 0 Å². The number of amides is 1. The molecule has 1 N–H and O–H groups in total. The Bertz CT molecular complexity index is 951. The number of carbonyl (C=O) groups excluding carboxylic acids is 1. The van der Waals surface area contributed by atoms with Crippen molar-refractivity contribution >= 4 is 17.4 Å². The van der Waals surface area contributed by atoms with E-state index in [0.717, 1.165) is 24.3 Å². The van der Waals surface area contributed by atoms with Gasteiger partial charge in [-0.15, -0.1) is 0 Å². The molecule has 1 amide bonds. The van der Waals surface area contributed by atoms with Crippen LogP contribution in [0.4, 0.5) is 15.9 Å². The Morgan fingerprint density at radius 3 is 2.59 bits per heavy atom. The molecule has 1 fully saturated rings. The second-order valence-corrected chi connectivity index (χ2v) is 6.67. The van der Waals surface area contributed by atoms with E-state index in [1.54, 1.807) is 30.6 Å². The Hall–Kier alpha value is -3.26. The first-order valence-corrected chi connectivity index (χ1v) is 9.46. The summed E-state index contributed by atoms with van der Waals surface area (Å²) >= 11 is 0. The fourth-order valence-corrected chi connectivity index (χ4v) is 3.07. The molecule has 0 radical (unpaired) electrons. The van der Waals surface area contributed by atoms with E-state index in [1.807, 2.05) is 6.07 Å². The Morgan fingerprint density at radius 1 is 1.07 bits per heavy atom. The van der Waals surface area contributed by atoms with Crippen molar-refractivity contribution in [1.82, 2.24) is 9.97 Å². The van der Waals surface area contributed by atoms with Gasteiger partial charge < -0.3 is 19.4 Å². The summed E-state index contributed by atoms with van der Waals surface area (Å²) in [5.41, 5.74) is 1.75. The van der Waals surface area contributed by atoms with E-state index < -0.39 is 0 Å². The molecule has 150 valence electrons. The molecule has 0 unspecified atom stereocenters. The van der Waals surface area contributed by atoms with Gasteiger partial charge in [-0.3, -0.25) is 4.79 Å². The third-order valence-corrected chi connectivity index (χ3v) is 4.64. The van der Waals surface area contributed by atoms with Gasteiger partial charge in [0, 0.05) is 31.5 Å². The summed E-state index contributed by atoms with van der Waals surface area (Å²) in [6.07, 6.45) is 3.91. The van der Waals surface area contributed by atoms with Crippen LogP contribution in [0, 0.1) is 5.82 Å². The van der Waals surface area contributed by atoms with Gasteiger partial charge in [-0.25, -0.2) is 14.4 Å². The predicted octanol–water partition coefficient (Wildman–Crippen LogP) is 3.28. The van der Waals surface area contributed by atoms with Gasteiger partial charge in [0.25, 0.3) is 0 Å². The van der Waals surface area contributed by atoms with Crippen LogP contribution in [0.5, 0.6) is 0 Å². The standard InChI is InChI=1S/C21H21FN4O3/c22-16-3-1-15(2-4-16)18-14-24-21(29-18)8-7-20(27)25-19-6-5-17(13-23-19)26-9-11-28-12-10-26/h1-6,13-14H,7-12H2,(H,23,25,27). The summed E-state index contributed by atoms with van der Waals surface area (Å²) < 4.78 is 24.0. The molecule has 7 nitrogen and oxygen atoms in total. The third kappa shape index (κ3) is 4.97. The average molecular weight is 396 g/mol. The topological polar surface area (TPSA) is 80.5 Å². The number of aromatic nitrogens is 2. The van der Waals surface area contributed by atoms with Crippen molar-refractivity contribution in [2.45, 2.75) is 12.8 Å². The second kappa shape index (κ2) is 8.83. The summed E-state index contributed by atoms with van der Waals surface area (Å²) in [5.74, 6) is 1.03. The minimum atomic E-state index is -0.309. The Balaban J connectivity index is 1.28. The van der Waals surface area contributed by atoms with Crippen LogP contribution in [0.1, 0.15) is 12.3 Å². The first kappa shape index (κ1) is 19.1. The maximum absolute atomic E-state index is 13.0. The summed E-state index contributed by atoms with van der Waals surface area (Å²) in [4.78, 5) is 22.9. The van der Waals surface area contributed by atoms with Crippen molar-refractivity contribution in [2.75, 3.05) is 36.5 Å². The Morgan fingerprint density at radius 2 is 1.86 bits per heavy atom. The fraction of sp³-hybridized carbons (Fsp3) is 0.286. The number of pyridine rings is 1. The number of anilines is 2. The Kier molecular flexibility index (Phi) is 5.81. The second-order valence-electron chi connectivity index (χ2n) is 6.67. The van der Waals surface area contributed by atoms with Crippen LogP contribution in [0.25, 0.3) is 11.3 Å². The zero-order valence-corrected chi connectivity index (χ0v) is 15.8. The van der Waals surface area contributed by atoms with Gasteiger partial charge in [0.2, 0.25) is 5.91 Å². The number of nitrogens with zero attached hydrogens (tertiary/aromatic N) is 3. The molecule has 1 saturated heterocycles. The first-order chi connectivity index (χ1) is 14.2.